The van der Waals surface area contributed by atoms with Crippen LogP contribution < -0.4 is 5.32 Å². The van der Waals surface area contributed by atoms with Crippen molar-refractivity contribution in [1.82, 2.24) is 0 Å². The summed E-state index contributed by atoms with van der Waals surface area (Å²) in [5.74, 6) is 0. The average Bonchev–Trinajstić information content (AvgIpc) is 2.32. The molecule has 0 spiro atoms. The van der Waals surface area contributed by atoms with E-state index in [4.69, 9.17) is 34.8 Å². The minimum atomic E-state index is 0.591. The predicted octanol–water partition coefficient (Wildman–Crippen LogP) is 6.02. The maximum absolute atomic E-state index is 6.11. The first-order chi connectivity index (χ1) is 8.56. The summed E-state index contributed by atoms with van der Waals surface area (Å²) in [6, 6.07) is 11.1. The molecule has 2 rings (SSSR count). The Kier molecular flexibility index (Phi) is 4.79. The maximum atomic E-state index is 6.11. The van der Waals surface area contributed by atoms with Gasteiger partial charge in [-0.25, -0.2) is 0 Å². The first kappa shape index (κ1) is 14.0. The molecule has 0 aromatic heterocycles. The largest absolute Gasteiger partial charge is 0.380 e. The van der Waals surface area contributed by atoms with Gasteiger partial charge >= 0.3 is 0 Å². The highest BCUT2D eigenvalue weighted by molar-refractivity contribution is 9.10. The maximum Gasteiger partial charge on any atom is 0.0652 e. The fourth-order valence-electron chi connectivity index (χ4n) is 1.50. The van der Waals surface area contributed by atoms with Gasteiger partial charge < -0.3 is 5.32 Å². The van der Waals surface area contributed by atoms with E-state index in [0.29, 0.717) is 16.6 Å². The van der Waals surface area contributed by atoms with Crippen LogP contribution >= 0.6 is 50.7 Å². The summed E-state index contributed by atoms with van der Waals surface area (Å²) < 4.78 is 0.992. The van der Waals surface area contributed by atoms with Gasteiger partial charge in [0.15, 0.2) is 0 Å². The van der Waals surface area contributed by atoms with Gasteiger partial charge in [0.2, 0.25) is 0 Å². The van der Waals surface area contributed by atoms with Crippen LogP contribution in [0.15, 0.2) is 40.9 Å². The highest BCUT2D eigenvalue weighted by Crippen LogP contribution is 2.27. The zero-order chi connectivity index (χ0) is 13.1. The van der Waals surface area contributed by atoms with Gasteiger partial charge in [0, 0.05) is 21.1 Å². The second-order valence-electron chi connectivity index (χ2n) is 3.71. The van der Waals surface area contributed by atoms with Crippen molar-refractivity contribution < 1.29 is 0 Å². The highest BCUT2D eigenvalue weighted by Gasteiger charge is 2.04. The summed E-state index contributed by atoms with van der Waals surface area (Å²) in [6.45, 7) is 0.597. The van der Waals surface area contributed by atoms with Crippen molar-refractivity contribution in [3.63, 3.8) is 0 Å². The van der Waals surface area contributed by atoms with Crippen molar-refractivity contribution in [1.29, 1.82) is 0 Å². The minimum absolute atomic E-state index is 0.591. The Balaban J connectivity index is 2.13. The molecule has 5 heteroatoms. The van der Waals surface area contributed by atoms with E-state index in [1.165, 1.54) is 0 Å². The standard InChI is InChI=1S/C13H9BrCl3N/c14-9-1-3-11(16)8(5-9)7-18-13-4-2-10(15)6-12(13)17/h1-6,18H,7H2. The molecule has 0 aliphatic carbocycles. The SMILES string of the molecule is Clc1ccc(NCc2cc(Br)ccc2Cl)c(Cl)c1. The van der Waals surface area contributed by atoms with Gasteiger partial charge in [-0.2, -0.15) is 0 Å². The van der Waals surface area contributed by atoms with E-state index >= 15 is 0 Å². The highest BCUT2D eigenvalue weighted by atomic mass is 79.9. The van der Waals surface area contributed by atoms with E-state index in [-0.39, 0.29) is 0 Å². The molecule has 0 saturated heterocycles. The number of hydrogen-bond acceptors (Lipinski definition) is 1. The third kappa shape index (κ3) is 3.55. The fourth-order valence-corrected chi connectivity index (χ4v) is 2.57. The second-order valence-corrected chi connectivity index (χ2v) is 5.88. The van der Waals surface area contributed by atoms with Crippen molar-refractivity contribution in [2.75, 3.05) is 5.32 Å². The monoisotopic (exact) mass is 363 g/mol. The van der Waals surface area contributed by atoms with Crippen molar-refractivity contribution in [2.45, 2.75) is 6.54 Å². The molecule has 0 amide bonds. The smallest absolute Gasteiger partial charge is 0.0652 e. The van der Waals surface area contributed by atoms with Crippen LogP contribution in [-0.4, -0.2) is 0 Å². The normalized spacial score (nSPS) is 10.4. The summed E-state index contributed by atoms with van der Waals surface area (Å²) in [5.41, 5.74) is 1.83. The summed E-state index contributed by atoms with van der Waals surface area (Å²) in [5, 5.41) is 5.15. The van der Waals surface area contributed by atoms with Crippen LogP contribution in [0.5, 0.6) is 0 Å². The summed E-state index contributed by atoms with van der Waals surface area (Å²) in [7, 11) is 0. The number of nitrogens with one attached hydrogen (secondary N) is 1. The molecule has 0 saturated carbocycles. The van der Waals surface area contributed by atoms with Crippen molar-refractivity contribution in [3.05, 3.63) is 61.5 Å². The number of anilines is 1. The van der Waals surface area contributed by atoms with E-state index in [1.54, 1.807) is 12.1 Å². The molecule has 0 fully saturated rings. The lowest BCUT2D eigenvalue weighted by Gasteiger charge is -2.10. The van der Waals surface area contributed by atoms with Gasteiger partial charge in [-0.05, 0) is 42.0 Å². The third-order valence-electron chi connectivity index (χ3n) is 2.41. The molecule has 18 heavy (non-hydrogen) atoms. The summed E-state index contributed by atoms with van der Waals surface area (Å²) in [4.78, 5) is 0. The molecule has 1 N–H and O–H groups in total. The molecule has 1 nitrogen and oxygen atoms in total. The van der Waals surface area contributed by atoms with Crippen LogP contribution in [0.3, 0.4) is 0 Å². The van der Waals surface area contributed by atoms with E-state index in [9.17, 15) is 0 Å². The van der Waals surface area contributed by atoms with E-state index in [0.717, 1.165) is 20.7 Å². The zero-order valence-corrected chi connectivity index (χ0v) is 13.0. The third-order valence-corrected chi connectivity index (χ3v) is 3.82. The molecular formula is C13H9BrCl3N. The molecule has 0 unspecified atom stereocenters. The topological polar surface area (TPSA) is 12.0 Å². The lowest BCUT2D eigenvalue weighted by Crippen LogP contribution is -2.00. The van der Waals surface area contributed by atoms with Crippen molar-refractivity contribution in [3.8, 4) is 0 Å². The number of hydrogen-bond donors (Lipinski definition) is 1. The fraction of sp³-hybridized carbons (Fsp3) is 0.0769. The van der Waals surface area contributed by atoms with Gasteiger partial charge in [-0.3, -0.25) is 0 Å². The first-order valence-corrected chi connectivity index (χ1v) is 7.12. The van der Waals surface area contributed by atoms with Gasteiger partial charge in [0.05, 0.1) is 10.7 Å². The van der Waals surface area contributed by atoms with Gasteiger partial charge in [0.1, 0.15) is 0 Å². The molecule has 0 bridgehead atoms. The van der Waals surface area contributed by atoms with Crippen LogP contribution in [0.2, 0.25) is 15.1 Å². The molecule has 0 atom stereocenters. The molecular weight excluding hydrogens is 356 g/mol. The van der Waals surface area contributed by atoms with Crippen molar-refractivity contribution in [2.24, 2.45) is 0 Å². The van der Waals surface area contributed by atoms with Crippen LogP contribution in [0, 0.1) is 0 Å². The Hall–Kier alpha value is -0.410. The van der Waals surface area contributed by atoms with E-state index < -0.39 is 0 Å². The van der Waals surface area contributed by atoms with Gasteiger partial charge in [-0.1, -0.05) is 50.7 Å². The zero-order valence-electron chi connectivity index (χ0n) is 9.18. The Labute approximate surface area is 129 Å². The molecule has 0 aliphatic heterocycles. The Morgan fingerprint density at radius 1 is 0.944 bits per heavy atom. The minimum Gasteiger partial charge on any atom is -0.380 e. The van der Waals surface area contributed by atoms with Gasteiger partial charge in [0.25, 0.3) is 0 Å². The Morgan fingerprint density at radius 3 is 2.44 bits per heavy atom. The second kappa shape index (κ2) is 6.16. The van der Waals surface area contributed by atoms with Crippen LogP contribution in [0.1, 0.15) is 5.56 Å². The quantitative estimate of drug-likeness (QED) is 0.701. The lowest BCUT2D eigenvalue weighted by atomic mass is 10.2. The number of rotatable bonds is 3. The van der Waals surface area contributed by atoms with Crippen molar-refractivity contribution >= 4 is 56.4 Å². The first-order valence-electron chi connectivity index (χ1n) is 5.19. The van der Waals surface area contributed by atoms with Crippen LogP contribution in [0.4, 0.5) is 5.69 Å². The molecule has 0 radical (unpaired) electrons. The van der Waals surface area contributed by atoms with E-state index in [1.807, 2.05) is 24.3 Å². The molecule has 2 aromatic carbocycles. The summed E-state index contributed by atoms with van der Waals surface area (Å²) >= 11 is 21.4. The number of halogens is 4. The Bertz CT molecular complexity index is 572. The Morgan fingerprint density at radius 2 is 1.72 bits per heavy atom. The average molecular weight is 365 g/mol. The molecule has 0 aliphatic rings. The lowest BCUT2D eigenvalue weighted by molar-refractivity contribution is 1.15. The van der Waals surface area contributed by atoms with Crippen LogP contribution in [0.25, 0.3) is 0 Å². The molecule has 94 valence electrons. The van der Waals surface area contributed by atoms with Crippen LogP contribution in [-0.2, 0) is 6.54 Å². The van der Waals surface area contributed by atoms with Gasteiger partial charge in [-0.15, -0.1) is 0 Å². The summed E-state index contributed by atoms with van der Waals surface area (Å²) in [6.07, 6.45) is 0. The van der Waals surface area contributed by atoms with E-state index in [2.05, 4.69) is 21.2 Å². The molecule has 0 heterocycles. The number of benzene rings is 2. The molecule has 2 aromatic rings. The predicted molar refractivity (Wildman–Crippen MR) is 82.9 cm³/mol.